The molecular weight excluding hydrogens is 476 g/mol. The van der Waals surface area contributed by atoms with Crippen LogP contribution in [0.3, 0.4) is 0 Å². The van der Waals surface area contributed by atoms with Gasteiger partial charge in [-0.1, -0.05) is 75.2 Å². The Morgan fingerprint density at radius 1 is 0.895 bits per heavy atom. The molecule has 0 N–H and O–H groups in total. The van der Waals surface area contributed by atoms with E-state index >= 15 is 0 Å². The van der Waals surface area contributed by atoms with Gasteiger partial charge in [-0.2, -0.15) is 0 Å². The smallest absolute Gasteiger partial charge is 0.383 e. The van der Waals surface area contributed by atoms with Crippen LogP contribution in [0, 0.1) is 0 Å². The van der Waals surface area contributed by atoms with Gasteiger partial charge in [0.2, 0.25) is 5.75 Å². The van der Waals surface area contributed by atoms with E-state index in [1.54, 1.807) is 6.07 Å². The highest BCUT2D eigenvalue weighted by atomic mass is 16.5. The number of fused-ring (bicyclic) bond motifs is 1. The van der Waals surface area contributed by atoms with Gasteiger partial charge in [-0.15, -0.1) is 0 Å². The molecule has 0 aliphatic heterocycles. The second-order valence-corrected chi connectivity index (χ2v) is 11.4. The molecule has 0 spiro atoms. The molecule has 212 valence electrons. The van der Waals surface area contributed by atoms with Crippen molar-refractivity contribution in [2.45, 2.75) is 118 Å². The summed E-state index contributed by atoms with van der Waals surface area (Å²) in [5, 5.41) is 0.628. The van der Waals surface area contributed by atoms with Crippen molar-refractivity contribution in [3.8, 4) is 17.2 Å². The number of allylic oxidation sites excluding steroid dienone is 3. The van der Waals surface area contributed by atoms with Gasteiger partial charge in [0.05, 0.1) is 6.61 Å². The lowest BCUT2D eigenvalue weighted by Gasteiger charge is -2.23. The molecule has 2 rings (SSSR count). The van der Waals surface area contributed by atoms with Gasteiger partial charge in [-0.05, 0) is 79.0 Å². The summed E-state index contributed by atoms with van der Waals surface area (Å²) in [6.07, 6.45) is 15.8. The van der Waals surface area contributed by atoms with E-state index in [0.717, 1.165) is 25.7 Å². The Hall–Kier alpha value is -2.69. The second kappa shape index (κ2) is 16.3. The van der Waals surface area contributed by atoms with E-state index in [4.69, 9.17) is 18.6 Å². The van der Waals surface area contributed by atoms with Crippen LogP contribution in [0.4, 0.5) is 0 Å². The second-order valence-electron chi connectivity index (χ2n) is 11.4. The number of ether oxygens (including phenoxy) is 3. The van der Waals surface area contributed by atoms with Crippen LogP contribution < -0.4 is 19.8 Å². The summed E-state index contributed by atoms with van der Waals surface area (Å²) in [6, 6.07) is 5.47. The van der Waals surface area contributed by atoms with E-state index in [9.17, 15) is 4.79 Å². The predicted molar refractivity (Wildman–Crippen MR) is 159 cm³/mol. The van der Waals surface area contributed by atoms with Gasteiger partial charge in [0.1, 0.15) is 28.9 Å². The molecule has 5 nitrogen and oxygen atoms in total. The van der Waals surface area contributed by atoms with E-state index < -0.39 is 11.2 Å². The normalized spacial score (nSPS) is 12.0. The topological polar surface area (TPSA) is 57.9 Å². The fourth-order valence-corrected chi connectivity index (χ4v) is 4.22. The fourth-order valence-electron chi connectivity index (χ4n) is 4.22. The molecule has 0 amide bonds. The van der Waals surface area contributed by atoms with Crippen molar-refractivity contribution in [2.75, 3.05) is 13.2 Å². The van der Waals surface area contributed by atoms with Crippen molar-refractivity contribution >= 4 is 11.0 Å². The highest BCUT2D eigenvalue weighted by Gasteiger charge is 2.23. The van der Waals surface area contributed by atoms with Crippen molar-refractivity contribution < 1.29 is 18.6 Å². The van der Waals surface area contributed by atoms with Crippen molar-refractivity contribution in [1.82, 2.24) is 0 Å². The fraction of sp³-hybridized carbons (Fsp3) is 0.606. The summed E-state index contributed by atoms with van der Waals surface area (Å²) in [7, 11) is 0. The zero-order valence-electron chi connectivity index (χ0n) is 24.9. The van der Waals surface area contributed by atoms with E-state index in [-0.39, 0.29) is 5.75 Å². The molecule has 0 bridgehead atoms. The molecule has 0 unspecified atom stereocenters. The summed E-state index contributed by atoms with van der Waals surface area (Å²) >= 11 is 0. The van der Waals surface area contributed by atoms with Gasteiger partial charge in [-0.25, -0.2) is 4.79 Å². The Morgan fingerprint density at radius 2 is 1.58 bits per heavy atom. The van der Waals surface area contributed by atoms with Gasteiger partial charge in [-0.3, -0.25) is 0 Å². The SMILES string of the molecule is CCCCCCCCCCOc1c(OC/C=C(\C)CCC=C(C)C)c2c(OC(C)(C)C)cccc2oc1=O. The number of hydrogen-bond donors (Lipinski definition) is 0. The first-order chi connectivity index (χ1) is 18.1. The molecule has 0 fully saturated rings. The largest absolute Gasteiger partial charge is 0.487 e. The monoisotopic (exact) mass is 526 g/mol. The average molecular weight is 527 g/mol. The van der Waals surface area contributed by atoms with Crippen molar-refractivity contribution in [3.63, 3.8) is 0 Å². The minimum atomic E-state index is -0.524. The molecule has 0 atom stereocenters. The van der Waals surface area contributed by atoms with Crippen LogP contribution in [-0.4, -0.2) is 18.8 Å². The van der Waals surface area contributed by atoms with Crippen LogP contribution in [0.25, 0.3) is 11.0 Å². The highest BCUT2D eigenvalue weighted by molar-refractivity contribution is 5.91. The molecule has 1 aromatic carbocycles. The molecule has 1 aromatic heterocycles. The Labute approximate surface area is 230 Å². The van der Waals surface area contributed by atoms with Crippen molar-refractivity contribution in [2.24, 2.45) is 0 Å². The molecule has 2 aromatic rings. The van der Waals surface area contributed by atoms with Crippen LogP contribution >= 0.6 is 0 Å². The Balaban J connectivity index is 2.23. The predicted octanol–water partition coefficient (Wildman–Crippen LogP) is 9.56. The van der Waals surface area contributed by atoms with Crippen molar-refractivity contribution in [1.29, 1.82) is 0 Å². The maximum absolute atomic E-state index is 13.0. The maximum atomic E-state index is 13.0. The molecule has 5 heteroatoms. The molecule has 1 heterocycles. The molecular formula is C33H50O5. The molecule has 38 heavy (non-hydrogen) atoms. The molecule has 0 saturated heterocycles. The summed E-state index contributed by atoms with van der Waals surface area (Å²) in [5.41, 5.74) is 2.03. The Morgan fingerprint density at radius 3 is 2.24 bits per heavy atom. The van der Waals surface area contributed by atoms with Crippen LogP contribution in [0.1, 0.15) is 113 Å². The first-order valence-corrected chi connectivity index (χ1v) is 14.5. The number of rotatable bonds is 17. The molecule has 0 radical (unpaired) electrons. The van der Waals surface area contributed by atoms with Crippen LogP contribution in [0.15, 0.2) is 50.7 Å². The first-order valence-electron chi connectivity index (χ1n) is 14.5. The van der Waals surface area contributed by atoms with E-state index in [1.165, 1.54) is 49.7 Å². The zero-order chi connectivity index (χ0) is 28.0. The number of benzene rings is 1. The van der Waals surface area contributed by atoms with Crippen LogP contribution in [-0.2, 0) is 0 Å². The third-order valence-electron chi connectivity index (χ3n) is 6.22. The lowest BCUT2D eigenvalue weighted by molar-refractivity contribution is 0.132. The standard InChI is InChI=1S/C33H50O5/c1-8-9-10-11-12-13-14-15-23-35-31-30(36-24-22-26(4)19-16-18-25(2)3)29-27(37-32(31)34)20-17-21-28(29)38-33(5,6)7/h17-18,20-22H,8-16,19,23-24H2,1-7H3/b26-22+. The van der Waals surface area contributed by atoms with E-state index in [0.29, 0.717) is 35.7 Å². The number of unbranched alkanes of at least 4 members (excludes halogenated alkanes) is 7. The lowest BCUT2D eigenvalue weighted by Crippen LogP contribution is -2.23. The van der Waals surface area contributed by atoms with Gasteiger partial charge in [0.15, 0.2) is 5.75 Å². The molecule has 0 aliphatic carbocycles. The van der Waals surface area contributed by atoms with E-state index in [2.05, 4.69) is 39.8 Å². The highest BCUT2D eigenvalue weighted by Crippen LogP contribution is 2.40. The third-order valence-corrected chi connectivity index (χ3v) is 6.22. The summed E-state index contributed by atoms with van der Waals surface area (Å²) < 4.78 is 24.2. The molecule has 0 saturated carbocycles. The van der Waals surface area contributed by atoms with Gasteiger partial charge in [0.25, 0.3) is 0 Å². The maximum Gasteiger partial charge on any atom is 0.383 e. The lowest BCUT2D eigenvalue weighted by atomic mass is 10.1. The van der Waals surface area contributed by atoms with Gasteiger partial charge >= 0.3 is 5.63 Å². The minimum absolute atomic E-state index is 0.126. The summed E-state index contributed by atoms with van der Waals surface area (Å²) in [5.74, 6) is 1.12. The molecule has 0 aliphatic rings. The average Bonchev–Trinajstić information content (AvgIpc) is 2.83. The van der Waals surface area contributed by atoms with Gasteiger partial charge in [0, 0.05) is 0 Å². The number of hydrogen-bond acceptors (Lipinski definition) is 5. The quantitative estimate of drug-likeness (QED) is 0.117. The summed E-state index contributed by atoms with van der Waals surface area (Å²) in [4.78, 5) is 13.0. The van der Waals surface area contributed by atoms with Crippen LogP contribution in [0.2, 0.25) is 0 Å². The van der Waals surface area contributed by atoms with Crippen molar-refractivity contribution in [3.05, 3.63) is 51.9 Å². The third kappa shape index (κ3) is 11.4. The van der Waals surface area contributed by atoms with Crippen LogP contribution in [0.5, 0.6) is 17.2 Å². The Bertz CT molecular complexity index is 1100. The first kappa shape index (κ1) is 31.5. The summed E-state index contributed by atoms with van der Waals surface area (Å²) in [6.45, 7) is 15.3. The Kier molecular flexibility index (Phi) is 13.5. The minimum Gasteiger partial charge on any atom is -0.487 e. The van der Waals surface area contributed by atoms with Gasteiger partial charge < -0.3 is 18.6 Å². The zero-order valence-corrected chi connectivity index (χ0v) is 24.9. The van der Waals surface area contributed by atoms with E-state index in [1.807, 2.05) is 32.9 Å².